The van der Waals surface area contributed by atoms with Gasteiger partial charge in [0, 0.05) is 22.5 Å². The molecule has 0 radical (unpaired) electrons. The molecule has 3 nitrogen and oxygen atoms in total. The van der Waals surface area contributed by atoms with Crippen molar-refractivity contribution in [2.24, 2.45) is 0 Å². The summed E-state index contributed by atoms with van der Waals surface area (Å²) in [5, 5.41) is 4.52. The number of ether oxygens (including phenoxy) is 2. The largest absolute Gasteiger partial charge is 0.464 e. The number of thioether (sulfide) groups is 8. The van der Waals surface area contributed by atoms with Crippen LogP contribution in [0.4, 0.5) is 0 Å². The maximum absolute atomic E-state index is 11.9. The van der Waals surface area contributed by atoms with Crippen molar-refractivity contribution in [3.8, 4) is 0 Å². The van der Waals surface area contributed by atoms with Crippen LogP contribution in [0.15, 0.2) is 42.2 Å². The van der Waals surface area contributed by atoms with Gasteiger partial charge in [-0.25, -0.2) is 4.79 Å². The van der Waals surface area contributed by atoms with Gasteiger partial charge in [-0.05, 0) is 28.8 Å². The molecule has 0 aromatic carbocycles. The van der Waals surface area contributed by atoms with Crippen LogP contribution in [0, 0.1) is 0 Å². The first kappa shape index (κ1) is 23.9. The zero-order valence-corrected chi connectivity index (χ0v) is 23.5. The normalized spacial score (nSPS) is 23.4. The van der Waals surface area contributed by atoms with Crippen molar-refractivity contribution < 1.29 is 14.3 Å². The summed E-state index contributed by atoms with van der Waals surface area (Å²) in [6.07, 6.45) is 0.883. The van der Waals surface area contributed by atoms with Crippen LogP contribution in [-0.4, -0.2) is 41.7 Å². The molecule has 5 heterocycles. The molecule has 0 aliphatic carbocycles. The number of carbonyl (C=O) groups is 1. The summed E-state index contributed by atoms with van der Waals surface area (Å²) in [4.78, 5) is 11.9. The Morgan fingerprint density at radius 2 is 1.65 bits per heavy atom. The quantitative estimate of drug-likeness (QED) is 0.295. The molecule has 0 saturated heterocycles. The van der Waals surface area contributed by atoms with Gasteiger partial charge < -0.3 is 9.47 Å². The summed E-state index contributed by atoms with van der Waals surface area (Å²) >= 11 is 17.4. The number of hydrogen-bond acceptors (Lipinski definition) is 12. The molecule has 5 rings (SSSR count). The zero-order chi connectivity index (χ0) is 21.0. The molecule has 0 N–H and O–H groups in total. The average Bonchev–Trinajstić information content (AvgIpc) is 3.52. The van der Waals surface area contributed by atoms with Gasteiger partial charge in [-0.1, -0.05) is 47.0 Å². The van der Waals surface area contributed by atoms with E-state index in [4.69, 9.17) is 9.47 Å². The van der Waals surface area contributed by atoms with E-state index in [1.807, 2.05) is 111 Å². The van der Waals surface area contributed by atoms with E-state index in [0.29, 0.717) is 18.5 Å². The molecule has 4 aliphatic heterocycles. The second-order valence-corrected chi connectivity index (χ2v) is 17.5. The lowest BCUT2D eigenvalue weighted by Crippen LogP contribution is -2.17. The summed E-state index contributed by atoms with van der Waals surface area (Å²) in [5.41, 5.74) is 1.10. The van der Waals surface area contributed by atoms with E-state index in [1.165, 1.54) is 36.9 Å². The Morgan fingerprint density at radius 1 is 0.935 bits per heavy atom. The van der Waals surface area contributed by atoms with E-state index in [-0.39, 0.29) is 12.6 Å². The SMILES string of the molecule is O=C(COCc1ccsc1)OCCC1CSC2=C(SC(=C3SC4=C(SCCS4)S3)S2)S1. The Hall–Kier alpha value is 1.15. The third-order valence-corrected chi connectivity index (χ3v) is 17.4. The minimum atomic E-state index is -0.274. The Balaban J connectivity index is 1.03. The minimum Gasteiger partial charge on any atom is -0.464 e. The molecular weight excluding hydrogens is 565 g/mol. The van der Waals surface area contributed by atoms with Crippen molar-refractivity contribution in [1.29, 1.82) is 0 Å². The highest BCUT2D eigenvalue weighted by Crippen LogP contribution is 2.68. The number of carbonyl (C=O) groups excluding carboxylic acids is 1. The van der Waals surface area contributed by atoms with Crippen LogP contribution in [0.1, 0.15) is 12.0 Å². The van der Waals surface area contributed by atoms with Crippen LogP contribution in [0.25, 0.3) is 0 Å². The Morgan fingerprint density at radius 3 is 2.35 bits per heavy atom. The monoisotopic (exact) mass is 582 g/mol. The van der Waals surface area contributed by atoms with Crippen molar-refractivity contribution in [3.63, 3.8) is 0 Å². The number of esters is 1. The maximum Gasteiger partial charge on any atom is 0.332 e. The van der Waals surface area contributed by atoms with Gasteiger partial charge in [-0.2, -0.15) is 11.3 Å². The van der Waals surface area contributed by atoms with E-state index in [0.717, 1.165) is 17.7 Å². The third-order valence-electron chi connectivity index (χ3n) is 4.24. The number of thiophene rings is 1. The van der Waals surface area contributed by atoms with Gasteiger partial charge in [0.05, 0.1) is 38.6 Å². The summed E-state index contributed by atoms with van der Waals surface area (Å²) < 4.78 is 19.6. The van der Waals surface area contributed by atoms with Crippen molar-refractivity contribution >= 4 is 111 Å². The molecule has 1 unspecified atom stereocenters. The summed E-state index contributed by atoms with van der Waals surface area (Å²) in [6.45, 7) is 0.943. The van der Waals surface area contributed by atoms with Gasteiger partial charge in [-0.15, -0.1) is 47.0 Å². The lowest BCUT2D eigenvalue weighted by molar-refractivity contribution is -0.149. The molecule has 1 aromatic rings. The van der Waals surface area contributed by atoms with E-state index in [9.17, 15) is 4.79 Å². The molecule has 0 spiro atoms. The highest BCUT2D eigenvalue weighted by molar-refractivity contribution is 8.45. The Bertz CT molecular complexity index is 902. The van der Waals surface area contributed by atoms with Crippen LogP contribution in [-0.2, 0) is 20.9 Å². The highest BCUT2D eigenvalue weighted by Gasteiger charge is 2.34. The topological polar surface area (TPSA) is 35.5 Å². The van der Waals surface area contributed by atoms with Crippen LogP contribution >= 0.6 is 105 Å². The number of rotatable bonds is 7. The van der Waals surface area contributed by atoms with E-state index < -0.39 is 0 Å². The van der Waals surface area contributed by atoms with Gasteiger partial charge in [0.2, 0.25) is 0 Å². The molecule has 0 amide bonds. The zero-order valence-electron chi connectivity index (χ0n) is 16.2. The fourth-order valence-electron chi connectivity index (χ4n) is 2.79. The molecule has 0 fully saturated rings. The first-order chi connectivity index (χ1) is 15.2. The molecule has 4 aliphatic rings. The Kier molecular flexibility index (Phi) is 9.03. The first-order valence-corrected chi connectivity index (χ1v) is 17.5. The summed E-state index contributed by atoms with van der Waals surface area (Å²) in [6, 6.07) is 2.00. The Labute approximate surface area is 220 Å². The lowest BCUT2D eigenvalue weighted by Gasteiger charge is -2.21. The van der Waals surface area contributed by atoms with Gasteiger partial charge in [-0.3, -0.25) is 0 Å². The fraction of sp³-hybridized carbons (Fsp3) is 0.421. The second-order valence-electron chi connectivity index (χ2n) is 6.51. The van der Waals surface area contributed by atoms with Gasteiger partial charge in [0.25, 0.3) is 0 Å². The average molecular weight is 583 g/mol. The van der Waals surface area contributed by atoms with E-state index in [2.05, 4.69) is 0 Å². The van der Waals surface area contributed by atoms with E-state index in [1.54, 1.807) is 11.3 Å². The minimum absolute atomic E-state index is 0.0189. The predicted octanol–water partition coefficient (Wildman–Crippen LogP) is 7.87. The molecule has 166 valence electrons. The molecular formula is C19H18O3S9. The molecule has 1 atom stereocenters. The molecule has 12 heteroatoms. The van der Waals surface area contributed by atoms with Crippen molar-refractivity contribution in [1.82, 2.24) is 0 Å². The number of hydrogen-bond donors (Lipinski definition) is 0. The first-order valence-electron chi connectivity index (χ1n) is 9.48. The van der Waals surface area contributed by atoms with E-state index >= 15 is 0 Å². The fourth-order valence-corrected chi connectivity index (χ4v) is 16.1. The standard InChI is InChI=1S/C19H18O3S9/c20-13(8-21-7-11-2-4-23-9-11)22-3-1-12-10-26-16-17(27-12)31-19(30-16)18-28-14-15(29-18)25-6-5-24-14/h2,4,9,12H,1,3,5-8,10H2. The highest BCUT2D eigenvalue weighted by atomic mass is 32.3. The van der Waals surface area contributed by atoms with Crippen molar-refractivity contribution in [2.45, 2.75) is 18.3 Å². The van der Waals surface area contributed by atoms with Gasteiger partial charge in [0.15, 0.2) is 0 Å². The second kappa shape index (κ2) is 11.7. The smallest absolute Gasteiger partial charge is 0.332 e. The van der Waals surface area contributed by atoms with Crippen LogP contribution in [0.2, 0.25) is 0 Å². The molecule has 0 bridgehead atoms. The molecule has 0 saturated carbocycles. The van der Waals surface area contributed by atoms with Crippen LogP contribution < -0.4 is 0 Å². The van der Waals surface area contributed by atoms with Gasteiger partial charge in [0.1, 0.15) is 6.61 Å². The molecule has 31 heavy (non-hydrogen) atoms. The predicted molar refractivity (Wildman–Crippen MR) is 150 cm³/mol. The van der Waals surface area contributed by atoms with Crippen molar-refractivity contribution in [2.75, 3.05) is 30.5 Å². The van der Waals surface area contributed by atoms with Crippen molar-refractivity contribution in [3.05, 3.63) is 47.8 Å². The summed E-state index contributed by atoms with van der Waals surface area (Å²) in [7, 11) is 0. The summed E-state index contributed by atoms with van der Waals surface area (Å²) in [5.74, 6) is 3.26. The van der Waals surface area contributed by atoms with Crippen LogP contribution in [0.5, 0.6) is 0 Å². The van der Waals surface area contributed by atoms with Crippen LogP contribution in [0.3, 0.4) is 0 Å². The lowest BCUT2D eigenvalue weighted by atomic mass is 10.3. The maximum atomic E-state index is 11.9. The third kappa shape index (κ3) is 6.43. The molecule has 1 aromatic heterocycles. The van der Waals surface area contributed by atoms with Gasteiger partial charge >= 0.3 is 5.97 Å².